The number of carbonyl (C=O) groups is 1. The predicted molar refractivity (Wildman–Crippen MR) is 125 cm³/mol. The highest BCUT2D eigenvalue weighted by Crippen LogP contribution is 2.22. The van der Waals surface area contributed by atoms with Crippen molar-refractivity contribution in [3.63, 3.8) is 0 Å². The van der Waals surface area contributed by atoms with Gasteiger partial charge in [0.15, 0.2) is 0 Å². The Morgan fingerprint density at radius 3 is 2.56 bits per heavy atom. The summed E-state index contributed by atoms with van der Waals surface area (Å²) in [6, 6.07) is 4.11. The van der Waals surface area contributed by atoms with E-state index in [1.165, 1.54) is 6.07 Å². The first kappa shape index (κ1) is 25.0. The van der Waals surface area contributed by atoms with Gasteiger partial charge in [-0.1, -0.05) is 33.8 Å². The summed E-state index contributed by atoms with van der Waals surface area (Å²) in [6.07, 6.45) is 0.942. The lowest BCUT2D eigenvalue weighted by molar-refractivity contribution is -0.124. The minimum atomic E-state index is -3.96. The first-order valence-corrected chi connectivity index (χ1v) is 13.2. The smallest absolute Gasteiger partial charge is 0.243 e. The molecular formula is C21H33N5O4S2. The van der Waals surface area contributed by atoms with Crippen LogP contribution in [0.1, 0.15) is 34.1 Å². The fourth-order valence-electron chi connectivity index (χ4n) is 3.90. The van der Waals surface area contributed by atoms with Crippen molar-refractivity contribution < 1.29 is 17.9 Å². The number of fused-ring (bicyclic) bond motifs is 1. The maximum absolute atomic E-state index is 13.1. The van der Waals surface area contributed by atoms with Crippen LogP contribution in [0.15, 0.2) is 23.1 Å². The number of ether oxygens (including phenoxy) is 1. The van der Waals surface area contributed by atoms with E-state index in [9.17, 15) is 13.2 Å². The highest BCUT2D eigenvalue weighted by molar-refractivity contribution is 7.89. The van der Waals surface area contributed by atoms with E-state index in [1.807, 2.05) is 13.8 Å². The quantitative estimate of drug-likeness (QED) is 0.530. The lowest BCUT2D eigenvalue weighted by atomic mass is 10.0. The van der Waals surface area contributed by atoms with Crippen molar-refractivity contribution in [3.05, 3.63) is 18.2 Å². The Labute approximate surface area is 194 Å². The molecule has 3 rings (SSSR count). The van der Waals surface area contributed by atoms with Crippen LogP contribution in [0, 0.1) is 11.8 Å². The van der Waals surface area contributed by atoms with Gasteiger partial charge in [0.2, 0.25) is 15.9 Å². The van der Waals surface area contributed by atoms with Gasteiger partial charge >= 0.3 is 0 Å². The Hall–Kier alpha value is -1.66. The standard InChI is InChI=1S/C21H33N5O4S2/c1-14(2)12-16(26-8-10-30-11-9-26)13-22-21(27)19(15(3)4)25-32(28,29)18-7-5-6-17-20(18)24-31-23-17/h5-7,14-16,19,25H,8-13H2,1-4H3,(H,22,27). The van der Waals surface area contributed by atoms with Gasteiger partial charge in [0, 0.05) is 25.7 Å². The van der Waals surface area contributed by atoms with Crippen LogP contribution in [0.3, 0.4) is 0 Å². The third kappa shape index (κ3) is 6.22. The van der Waals surface area contributed by atoms with Gasteiger partial charge in [-0.05, 0) is 30.4 Å². The van der Waals surface area contributed by atoms with Gasteiger partial charge in [-0.3, -0.25) is 9.69 Å². The molecule has 0 spiro atoms. The van der Waals surface area contributed by atoms with Crippen molar-refractivity contribution in [3.8, 4) is 0 Å². The molecule has 32 heavy (non-hydrogen) atoms. The summed E-state index contributed by atoms with van der Waals surface area (Å²) in [7, 11) is -3.96. The molecule has 2 N–H and O–H groups in total. The van der Waals surface area contributed by atoms with Gasteiger partial charge in [-0.15, -0.1) is 0 Å². The minimum Gasteiger partial charge on any atom is -0.379 e. The number of morpholine rings is 1. The van der Waals surface area contributed by atoms with Gasteiger partial charge in [0.1, 0.15) is 22.0 Å². The molecule has 2 heterocycles. The summed E-state index contributed by atoms with van der Waals surface area (Å²) < 4.78 is 42.5. The summed E-state index contributed by atoms with van der Waals surface area (Å²) in [5, 5.41) is 3.00. The van der Waals surface area contributed by atoms with Crippen molar-refractivity contribution in [2.45, 2.75) is 51.1 Å². The van der Waals surface area contributed by atoms with E-state index in [2.05, 4.69) is 37.5 Å². The number of hydrogen-bond donors (Lipinski definition) is 2. The average Bonchev–Trinajstić information content (AvgIpc) is 3.23. The van der Waals surface area contributed by atoms with Crippen molar-refractivity contribution in [2.24, 2.45) is 11.8 Å². The molecule has 1 aromatic carbocycles. The zero-order chi connectivity index (χ0) is 23.3. The zero-order valence-electron chi connectivity index (χ0n) is 19.1. The van der Waals surface area contributed by atoms with Crippen LogP contribution in [0.5, 0.6) is 0 Å². The molecule has 1 aromatic heterocycles. The molecule has 2 atom stereocenters. The molecule has 1 saturated heterocycles. The van der Waals surface area contributed by atoms with E-state index < -0.39 is 16.1 Å². The highest BCUT2D eigenvalue weighted by Gasteiger charge is 2.31. The summed E-state index contributed by atoms with van der Waals surface area (Å²) in [5.41, 5.74) is 0.836. The van der Waals surface area contributed by atoms with E-state index in [0.717, 1.165) is 31.2 Å². The number of nitrogens with one attached hydrogen (secondary N) is 2. The highest BCUT2D eigenvalue weighted by atomic mass is 32.2. The van der Waals surface area contributed by atoms with Crippen LogP contribution in [0.2, 0.25) is 0 Å². The van der Waals surface area contributed by atoms with E-state index >= 15 is 0 Å². The average molecular weight is 484 g/mol. The fraction of sp³-hybridized carbons (Fsp3) is 0.667. The van der Waals surface area contributed by atoms with Crippen LogP contribution in [-0.2, 0) is 19.6 Å². The van der Waals surface area contributed by atoms with Crippen LogP contribution in [0.4, 0.5) is 0 Å². The SMILES string of the molecule is CC(C)CC(CNC(=O)C(NS(=O)(=O)c1cccc2nsnc12)C(C)C)N1CCOCC1. The minimum absolute atomic E-state index is 0.0354. The molecule has 1 aliphatic rings. The van der Waals surface area contributed by atoms with Crippen molar-refractivity contribution in [2.75, 3.05) is 32.8 Å². The number of aromatic nitrogens is 2. The lowest BCUT2D eigenvalue weighted by Gasteiger charge is -2.36. The number of benzene rings is 1. The molecular weight excluding hydrogens is 450 g/mol. The van der Waals surface area contributed by atoms with E-state index in [0.29, 0.717) is 36.7 Å². The maximum Gasteiger partial charge on any atom is 0.243 e. The molecule has 0 saturated carbocycles. The first-order chi connectivity index (χ1) is 15.2. The summed E-state index contributed by atoms with van der Waals surface area (Å²) in [6.45, 7) is 11.5. The monoisotopic (exact) mass is 483 g/mol. The van der Waals surface area contributed by atoms with Gasteiger partial charge in [0.05, 0.1) is 24.9 Å². The number of carbonyl (C=O) groups excluding carboxylic acids is 1. The third-order valence-electron chi connectivity index (χ3n) is 5.59. The molecule has 11 heteroatoms. The van der Waals surface area contributed by atoms with E-state index in [1.54, 1.807) is 12.1 Å². The fourth-order valence-corrected chi connectivity index (χ4v) is 6.01. The third-order valence-corrected chi connectivity index (χ3v) is 7.60. The number of nitrogens with zero attached hydrogens (tertiary/aromatic N) is 3. The van der Waals surface area contributed by atoms with E-state index in [-0.39, 0.29) is 22.8 Å². The predicted octanol–water partition coefficient (Wildman–Crippen LogP) is 1.86. The van der Waals surface area contributed by atoms with Crippen LogP contribution < -0.4 is 10.0 Å². The summed E-state index contributed by atoms with van der Waals surface area (Å²) >= 11 is 0.959. The molecule has 0 radical (unpaired) electrons. The number of sulfonamides is 1. The first-order valence-electron chi connectivity index (χ1n) is 11.0. The van der Waals surface area contributed by atoms with Crippen LogP contribution in [0.25, 0.3) is 11.0 Å². The van der Waals surface area contributed by atoms with Gasteiger partial charge in [-0.2, -0.15) is 13.5 Å². The Kier molecular flexibility index (Phi) is 8.56. The Morgan fingerprint density at radius 2 is 1.91 bits per heavy atom. The molecule has 178 valence electrons. The second-order valence-electron chi connectivity index (χ2n) is 8.91. The molecule has 2 unspecified atom stereocenters. The van der Waals surface area contributed by atoms with Gasteiger partial charge in [0.25, 0.3) is 0 Å². The van der Waals surface area contributed by atoms with Crippen LogP contribution >= 0.6 is 11.7 Å². The largest absolute Gasteiger partial charge is 0.379 e. The molecule has 0 aliphatic carbocycles. The molecule has 0 bridgehead atoms. The van der Waals surface area contributed by atoms with Gasteiger partial charge in [-0.25, -0.2) is 8.42 Å². The Balaban J connectivity index is 1.71. The topological polar surface area (TPSA) is 114 Å². The molecule has 1 amide bonds. The van der Waals surface area contributed by atoms with Gasteiger partial charge < -0.3 is 10.1 Å². The normalized spacial score (nSPS) is 17.7. The molecule has 1 aliphatic heterocycles. The Morgan fingerprint density at radius 1 is 1.19 bits per heavy atom. The molecule has 2 aromatic rings. The van der Waals surface area contributed by atoms with Crippen molar-refractivity contribution >= 4 is 38.7 Å². The second kappa shape index (κ2) is 11.0. The Bertz CT molecular complexity index is 1000. The van der Waals surface area contributed by atoms with Crippen molar-refractivity contribution in [1.82, 2.24) is 23.7 Å². The number of amides is 1. The number of rotatable bonds is 10. The van der Waals surface area contributed by atoms with Crippen LogP contribution in [-0.4, -0.2) is 72.9 Å². The summed E-state index contributed by atoms with van der Waals surface area (Å²) in [4.78, 5) is 15.5. The second-order valence-corrected chi connectivity index (χ2v) is 11.1. The molecule has 9 nitrogen and oxygen atoms in total. The lowest BCUT2D eigenvalue weighted by Crippen LogP contribution is -2.54. The number of hydrogen-bond acceptors (Lipinski definition) is 8. The maximum atomic E-state index is 13.1. The molecule has 1 fully saturated rings. The van der Waals surface area contributed by atoms with Crippen molar-refractivity contribution in [1.29, 1.82) is 0 Å². The zero-order valence-corrected chi connectivity index (χ0v) is 20.7. The summed E-state index contributed by atoms with van der Waals surface area (Å²) in [5.74, 6) is -0.0787. The van der Waals surface area contributed by atoms with E-state index in [4.69, 9.17) is 4.74 Å².